The first-order valence-electron chi connectivity index (χ1n) is 13.0. The van der Waals surface area contributed by atoms with Crippen LogP contribution in [0.3, 0.4) is 0 Å². The molecule has 6 nitrogen and oxygen atoms in total. The molecule has 3 aromatic rings. The minimum Gasteiger partial charge on any atom is -0.467 e. The first kappa shape index (κ1) is 28.2. The van der Waals surface area contributed by atoms with Crippen molar-refractivity contribution in [2.24, 2.45) is 5.92 Å². The molecule has 1 saturated heterocycles. The molecule has 0 amide bonds. The van der Waals surface area contributed by atoms with Gasteiger partial charge in [0.2, 0.25) is 0 Å². The number of hydrogen-bond donors (Lipinski definition) is 1. The van der Waals surface area contributed by atoms with Crippen LogP contribution in [0.2, 0.25) is 5.04 Å². The number of esters is 1. The monoisotopic (exact) mass is 534 g/mol. The van der Waals surface area contributed by atoms with E-state index in [1.165, 1.54) is 7.11 Å². The Bertz CT molecular complexity index is 1130. The highest BCUT2D eigenvalue weighted by molar-refractivity contribution is 6.99. The number of carbonyl (C=O) groups is 1. The van der Waals surface area contributed by atoms with E-state index >= 15 is 0 Å². The molecule has 2 unspecified atom stereocenters. The minimum absolute atomic E-state index is 0.284. The lowest BCUT2D eigenvalue weighted by Gasteiger charge is -2.49. The third-order valence-electron chi connectivity index (χ3n) is 7.30. The first-order chi connectivity index (χ1) is 18.2. The molecule has 1 aliphatic rings. The lowest BCUT2D eigenvalue weighted by Crippen LogP contribution is -2.70. The highest BCUT2D eigenvalue weighted by Gasteiger charge is 2.56. The zero-order valence-corrected chi connectivity index (χ0v) is 23.7. The molecule has 0 aliphatic carbocycles. The Hall–Kier alpha value is -2.81. The summed E-state index contributed by atoms with van der Waals surface area (Å²) in [4.78, 5) is 12.7. The topological polar surface area (TPSA) is 74.2 Å². The highest BCUT2D eigenvalue weighted by atomic mass is 28.4. The van der Waals surface area contributed by atoms with Crippen LogP contribution in [0.25, 0.3) is 0 Å². The molecule has 1 heterocycles. The van der Waals surface area contributed by atoms with Crippen molar-refractivity contribution >= 4 is 24.7 Å². The van der Waals surface area contributed by atoms with Crippen molar-refractivity contribution in [2.45, 2.75) is 63.9 Å². The van der Waals surface area contributed by atoms with E-state index in [4.69, 9.17) is 18.6 Å². The van der Waals surface area contributed by atoms with Gasteiger partial charge >= 0.3 is 5.97 Å². The summed E-state index contributed by atoms with van der Waals surface area (Å²) in [5, 5.41) is 13.1. The Kier molecular flexibility index (Phi) is 8.85. The van der Waals surface area contributed by atoms with Crippen LogP contribution >= 0.6 is 0 Å². The van der Waals surface area contributed by atoms with Gasteiger partial charge in [0.05, 0.1) is 19.8 Å². The molecular weight excluding hydrogens is 496 g/mol. The van der Waals surface area contributed by atoms with Gasteiger partial charge in [0.15, 0.2) is 12.4 Å². The van der Waals surface area contributed by atoms with E-state index in [0.29, 0.717) is 0 Å². The van der Waals surface area contributed by atoms with Gasteiger partial charge in [-0.15, -0.1) is 0 Å². The number of aliphatic hydroxyl groups is 1. The average molecular weight is 535 g/mol. The fourth-order valence-electron chi connectivity index (χ4n) is 5.32. The van der Waals surface area contributed by atoms with Gasteiger partial charge in [-0.1, -0.05) is 119 Å². The second-order valence-electron chi connectivity index (χ2n) is 10.8. The Labute approximate surface area is 226 Å². The first-order valence-corrected chi connectivity index (χ1v) is 15.0. The van der Waals surface area contributed by atoms with Crippen LogP contribution in [0.15, 0.2) is 91.0 Å². The van der Waals surface area contributed by atoms with Gasteiger partial charge in [-0.05, 0) is 21.0 Å². The molecule has 1 fully saturated rings. The largest absolute Gasteiger partial charge is 0.467 e. The molecule has 5 atom stereocenters. The van der Waals surface area contributed by atoms with Crippen LogP contribution in [-0.4, -0.2) is 51.1 Å². The SMILES string of the molecule is COC(=O)C1O[C@@H](O[Si](c2ccccc2)(c2ccccc2)C(C)(C)C)C(C)[C@@H](OCc2ccccc2)[C@H]1O. The number of carbonyl (C=O) groups excluding carboxylic acids is 1. The van der Waals surface area contributed by atoms with Crippen LogP contribution in [0.1, 0.15) is 33.3 Å². The van der Waals surface area contributed by atoms with E-state index in [1.807, 2.05) is 73.7 Å². The van der Waals surface area contributed by atoms with E-state index in [2.05, 4.69) is 45.0 Å². The lowest BCUT2D eigenvalue weighted by atomic mass is 9.92. The van der Waals surface area contributed by atoms with Crippen LogP contribution in [0.4, 0.5) is 0 Å². The van der Waals surface area contributed by atoms with Gasteiger partial charge in [0.25, 0.3) is 8.32 Å². The second kappa shape index (κ2) is 11.9. The number of hydrogen-bond acceptors (Lipinski definition) is 6. The number of benzene rings is 3. The minimum atomic E-state index is -3.01. The Morgan fingerprint density at radius 3 is 1.87 bits per heavy atom. The van der Waals surface area contributed by atoms with Crippen LogP contribution in [0.5, 0.6) is 0 Å². The molecule has 0 saturated carbocycles. The molecule has 3 aromatic carbocycles. The molecule has 0 spiro atoms. The van der Waals surface area contributed by atoms with Gasteiger partial charge in [-0.25, -0.2) is 4.79 Å². The van der Waals surface area contributed by atoms with Crippen LogP contribution < -0.4 is 10.4 Å². The summed E-state index contributed by atoms with van der Waals surface area (Å²) >= 11 is 0. The summed E-state index contributed by atoms with van der Waals surface area (Å²) < 4.78 is 24.7. The molecule has 0 bridgehead atoms. The van der Waals surface area contributed by atoms with Crippen molar-refractivity contribution in [3.05, 3.63) is 96.6 Å². The van der Waals surface area contributed by atoms with Gasteiger partial charge in [-0.2, -0.15) is 0 Å². The number of aliphatic hydroxyl groups excluding tert-OH is 1. The van der Waals surface area contributed by atoms with Gasteiger partial charge in [0.1, 0.15) is 6.10 Å². The zero-order valence-electron chi connectivity index (χ0n) is 22.7. The maximum absolute atomic E-state index is 12.7. The van der Waals surface area contributed by atoms with Crippen molar-refractivity contribution in [1.82, 2.24) is 0 Å². The Balaban J connectivity index is 1.76. The van der Waals surface area contributed by atoms with Crippen molar-refractivity contribution < 1.29 is 28.5 Å². The Morgan fingerprint density at radius 2 is 1.39 bits per heavy atom. The van der Waals surface area contributed by atoms with Crippen molar-refractivity contribution in [2.75, 3.05) is 7.11 Å². The third kappa shape index (κ3) is 5.62. The normalized spacial score (nSPS) is 24.1. The number of methoxy groups -OCH3 is 1. The van der Waals surface area contributed by atoms with Gasteiger partial charge < -0.3 is 23.7 Å². The molecule has 202 valence electrons. The number of ether oxygens (including phenoxy) is 3. The van der Waals surface area contributed by atoms with E-state index in [1.54, 1.807) is 0 Å². The smallest absolute Gasteiger partial charge is 0.337 e. The predicted molar refractivity (Wildman–Crippen MR) is 150 cm³/mol. The molecule has 38 heavy (non-hydrogen) atoms. The molecule has 0 aromatic heterocycles. The zero-order chi connectivity index (χ0) is 27.3. The van der Waals surface area contributed by atoms with Crippen LogP contribution in [0, 0.1) is 5.92 Å². The van der Waals surface area contributed by atoms with Crippen molar-refractivity contribution in [1.29, 1.82) is 0 Å². The summed E-state index contributed by atoms with van der Waals surface area (Å²) in [6, 6.07) is 30.2. The van der Waals surface area contributed by atoms with E-state index in [-0.39, 0.29) is 17.6 Å². The summed E-state index contributed by atoms with van der Waals surface area (Å²) in [6.07, 6.45) is -3.98. The molecule has 1 N–H and O–H groups in total. The summed E-state index contributed by atoms with van der Waals surface area (Å²) in [5.74, 6) is -1.04. The molecule has 1 aliphatic heterocycles. The quantitative estimate of drug-likeness (QED) is 0.347. The molecule has 0 radical (unpaired) electrons. The fraction of sp³-hybridized carbons (Fsp3) is 0.387. The van der Waals surface area contributed by atoms with Gasteiger partial charge in [0, 0.05) is 5.92 Å². The lowest BCUT2D eigenvalue weighted by molar-refractivity contribution is -0.264. The standard InChI is InChI=1S/C31H38O6Si/c1-22-27(35-21-23-15-9-6-10-16-23)26(32)28(29(33)34-5)36-30(22)37-38(31(2,3)4,24-17-11-7-12-18-24)25-19-13-8-14-20-25/h6-20,22,26-28,30,32H,21H2,1-5H3/t22?,26-,27-,28?,30+/m1/s1. The van der Waals surface area contributed by atoms with Crippen LogP contribution in [-0.2, 0) is 30.0 Å². The molecule has 4 rings (SSSR count). The molecule has 7 heteroatoms. The van der Waals surface area contributed by atoms with E-state index in [0.717, 1.165) is 15.9 Å². The Morgan fingerprint density at radius 1 is 0.895 bits per heavy atom. The third-order valence-corrected chi connectivity index (χ3v) is 12.3. The predicted octanol–water partition coefficient (Wildman–Crippen LogP) is 4.04. The maximum Gasteiger partial charge on any atom is 0.337 e. The van der Waals surface area contributed by atoms with Crippen molar-refractivity contribution in [3.63, 3.8) is 0 Å². The summed E-state index contributed by atoms with van der Waals surface area (Å²) in [7, 11) is -1.72. The average Bonchev–Trinajstić information content (AvgIpc) is 2.93. The fourth-order valence-corrected chi connectivity index (χ4v) is 9.95. The second-order valence-corrected chi connectivity index (χ2v) is 15.1. The van der Waals surface area contributed by atoms with E-state index in [9.17, 15) is 9.90 Å². The van der Waals surface area contributed by atoms with E-state index < -0.39 is 38.9 Å². The number of rotatable bonds is 8. The van der Waals surface area contributed by atoms with Gasteiger partial charge in [-0.3, -0.25) is 0 Å². The van der Waals surface area contributed by atoms with Crippen molar-refractivity contribution in [3.8, 4) is 0 Å². The maximum atomic E-state index is 12.7. The summed E-state index contributed by atoms with van der Waals surface area (Å²) in [5.41, 5.74) is 0.970. The highest BCUT2D eigenvalue weighted by Crippen LogP contribution is 2.40. The molecular formula is C31H38O6Si. The summed E-state index contributed by atoms with van der Waals surface area (Å²) in [6.45, 7) is 8.77.